The van der Waals surface area contributed by atoms with Crippen LogP contribution in [0.2, 0.25) is 0 Å². The molecule has 0 N–H and O–H groups in total. The maximum Gasteiger partial charge on any atom is 0.315 e. The Morgan fingerprint density at radius 2 is 2.11 bits per heavy atom. The molecule has 0 fully saturated rings. The van der Waals surface area contributed by atoms with Crippen molar-refractivity contribution in [2.24, 2.45) is 0 Å². The molecule has 1 rings (SSSR count). The highest BCUT2D eigenvalue weighted by Crippen LogP contribution is 2.29. The van der Waals surface area contributed by atoms with Gasteiger partial charge in [0.05, 0.1) is 24.7 Å². The van der Waals surface area contributed by atoms with Crippen LogP contribution in [0.25, 0.3) is 0 Å². The summed E-state index contributed by atoms with van der Waals surface area (Å²) in [7, 11) is 1.50. The zero-order chi connectivity index (χ0) is 13.8. The van der Waals surface area contributed by atoms with Gasteiger partial charge in [-0.25, -0.2) is 0 Å². The van der Waals surface area contributed by atoms with Gasteiger partial charge in [-0.2, -0.15) is 5.26 Å². The molecule has 0 aromatic heterocycles. The number of nitrogens with zero attached hydrogens (tertiary/aromatic N) is 1. The number of carbonyl (C=O) groups excluding carboxylic acids is 1. The third kappa shape index (κ3) is 2.62. The van der Waals surface area contributed by atoms with Gasteiger partial charge in [-0.1, -0.05) is 6.07 Å². The zero-order valence-electron chi connectivity index (χ0n) is 11.1. The first-order valence-electron chi connectivity index (χ1n) is 5.73. The standard InChI is InChI=1S/C14H17NO3/c1-5-18-13(16)14(2,3)11-7-6-10(9-15)12(8-11)17-4/h6-8H,5H2,1-4H3. The second kappa shape index (κ2) is 5.54. The minimum absolute atomic E-state index is 0.295. The quantitative estimate of drug-likeness (QED) is 0.766. The predicted molar refractivity (Wildman–Crippen MR) is 67.4 cm³/mol. The second-order valence-corrected chi connectivity index (χ2v) is 4.37. The van der Waals surface area contributed by atoms with Crippen molar-refractivity contribution in [2.75, 3.05) is 13.7 Å². The Labute approximate surface area is 107 Å². The van der Waals surface area contributed by atoms with Crippen molar-refractivity contribution in [3.63, 3.8) is 0 Å². The molecule has 4 heteroatoms. The lowest BCUT2D eigenvalue weighted by Crippen LogP contribution is -2.31. The lowest BCUT2D eigenvalue weighted by atomic mass is 9.84. The molecule has 0 amide bonds. The van der Waals surface area contributed by atoms with Crippen LogP contribution in [0.15, 0.2) is 18.2 Å². The molecule has 0 saturated heterocycles. The molecule has 0 unspecified atom stereocenters. The third-order valence-corrected chi connectivity index (χ3v) is 2.83. The van der Waals surface area contributed by atoms with Crippen molar-refractivity contribution in [3.8, 4) is 11.8 Å². The molecule has 4 nitrogen and oxygen atoms in total. The van der Waals surface area contributed by atoms with E-state index in [9.17, 15) is 4.79 Å². The van der Waals surface area contributed by atoms with Crippen LogP contribution >= 0.6 is 0 Å². The predicted octanol–water partition coefficient (Wildman–Crippen LogP) is 2.41. The number of nitriles is 1. The minimum Gasteiger partial charge on any atom is -0.495 e. The van der Waals surface area contributed by atoms with Gasteiger partial charge in [0.15, 0.2) is 0 Å². The van der Waals surface area contributed by atoms with Crippen LogP contribution in [0.5, 0.6) is 5.75 Å². The number of methoxy groups -OCH3 is 1. The average molecular weight is 247 g/mol. The smallest absolute Gasteiger partial charge is 0.315 e. The van der Waals surface area contributed by atoms with Crippen LogP contribution in [0.4, 0.5) is 0 Å². The molecule has 0 spiro atoms. The molecule has 0 heterocycles. The first-order chi connectivity index (χ1) is 8.47. The summed E-state index contributed by atoms with van der Waals surface area (Å²) in [4.78, 5) is 11.9. The molecule has 0 radical (unpaired) electrons. The monoisotopic (exact) mass is 247 g/mol. The summed E-state index contributed by atoms with van der Waals surface area (Å²) in [6, 6.07) is 7.14. The van der Waals surface area contributed by atoms with E-state index in [2.05, 4.69) is 0 Å². The lowest BCUT2D eigenvalue weighted by molar-refractivity contribution is -0.148. The molecular weight excluding hydrogens is 230 g/mol. The maximum absolute atomic E-state index is 11.9. The highest BCUT2D eigenvalue weighted by atomic mass is 16.5. The van der Waals surface area contributed by atoms with Crippen LogP contribution in [0, 0.1) is 11.3 Å². The number of ether oxygens (including phenoxy) is 2. The number of hydrogen-bond donors (Lipinski definition) is 0. The van der Waals surface area contributed by atoms with Gasteiger partial charge >= 0.3 is 5.97 Å². The first kappa shape index (κ1) is 14.0. The minimum atomic E-state index is -0.767. The van der Waals surface area contributed by atoms with Crippen molar-refractivity contribution < 1.29 is 14.3 Å². The van der Waals surface area contributed by atoms with E-state index in [-0.39, 0.29) is 5.97 Å². The lowest BCUT2D eigenvalue weighted by Gasteiger charge is -2.23. The van der Waals surface area contributed by atoms with E-state index in [4.69, 9.17) is 14.7 Å². The molecular formula is C14H17NO3. The Morgan fingerprint density at radius 3 is 2.61 bits per heavy atom. The second-order valence-electron chi connectivity index (χ2n) is 4.37. The number of rotatable bonds is 4. The number of esters is 1. The molecule has 96 valence electrons. The van der Waals surface area contributed by atoms with Gasteiger partial charge in [0, 0.05) is 0 Å². The highest BCUT2D eigenvalue weighted by molar-refractivity contribution is 5.82. The summed E-state index contributed by atoms with van der Waals surface area (Å²) in [6.45, 7) is 5.68. The van der Waals surface area contributed by atoms with Crippen molar-refractivity contribution in [1.82, 2.24) is 0 Å². The zero-order valence-corrected chi connectivity index (χ0v) is 11.1. The number of carbonyl (C=O) groups is 1. The summed E-state index contributed by atoms with van der Waals surface area (Å²) in [5.41, 5.74) is 0.440. The summed E-state index contributed by atoms with van der Waals surface area (Å²) in [6.07, 6.45) is 0. The fourth-order valence-electron chi connectivity index (χ4n) is 1.60. The van der Waals surface area contributed by atoms with Gasteiger partial charge in [-0.15, -0.1) is 0 Å². The van der Waals surface area contributed by atoms with Gasteiger partial charge in [-0.3, -0.25) is 4.79 Å². The van der Waals surface area contributed by atoms with Crippen LogP contribution in [0.1, 0.15) is 31.9 Å². The van der Waals surface area contributed by atoms with E-state index in [0.29, 0.717) is 17.9 Å². The summed E-state index contributed by atoms with van der Waals surface area (Å²) >= 11 is 0. The maximum atomic E-state index is 11.9. The van der Waals surface area contributed by atoms with Crippen LogP contribution < -0.4 is 4.74 Å². The molecule has 0 aliphatic heterocycles. The van der Waals surface area contributed by atoms with Gasteiger partial charge in [0.1, 0.15) is 11.8 Å². The van der Waals surface area contributed by atoms with Crippen molar-refractivity contribution >= 4 is 5.97 Å². The largest absolute Gasteiger partial charge is 0.495 e. The third-order valence-electron chi connectivity index (χ3n) is 2.83. The fraction of sp³-hybridized carbons (Fsp3) is 0.429. The van der Waals surface area contributed by atoms with Gasteiger partial charge in [0.25, 0.3) is 0 Å². The highest BCUT2D eigenvalue weighted by Gasteiger charge is 2.32. The Hall–Kier alpha value is -2.02. The normalized spacial score (nSPS) is 10.6. The van der Waals surface area contributed by atoms with E-state index in [1.54, 1.807) is 39.0 Å². The van der Waals surface area contributed by atoms with E-state index in [0.717, 1.165) is 5.56 Å². The molecule has 0 aliphatic carbocycles. The Kier molecular flexibility index (Phi) is 4.33. The van der Waals surface area contributed by atoms with Gasteiger partial charge in [-0.05, 0) is 38.5 Å². The summed E-state index contributed by atoms with van der Waals surface area (Å²) in [5.74, 6) is 0.170. The van der Waals surface area contributed by atoms with Crippen molar-refractivity contribution in [1.29, 1.82) is 5.26 Å². The molecule has 0 bridgehead atoms. The molecule has 0 atom stereocenters. The van der Waals surface area contributed by atoms with Crippen LogP contribution in [-0.4, -0.2) is 19.7 Å². The average Bonchev–Trinajstić information content (AvgIpc) is 2.38. The van der Waals surface area contributed by atoms with Crippen molar-refractivity contribution in [3.05, 3.63) is 29.3 Å². The van der Waals surface area contributed by atoms with E-state index < -0.39 is 5.41 Å². The fourth-order valence-corrected chi connectivity index (χ4v) is 1.60. The Morgan fingerprint density at radius 1 is 1.44 bits per heavy atom. The molecule has 1 aromatic rings. The number of hydrogen-bond acceptors (Lipinski definition) is 4. The molecule has 18 heavy (non-hydrogen) atoms. The van der Waals surface area contributed by atoms with Gasteiger partial charge in [0.2, 0.25) is 0 Å². The molecule has 0 aliphatic rings. The molecule has 1 aromatic carbocycles. The Bertz CT molecular complexity index is 486. The van der Waals surface area contributed by atoms with Crippen LogP contribution in [0.3, 0.4) is 0 Å². The SMILES string of the molecule is CCOC(=O)C(C)(C)c1ccc(C#N)c(OC)c1. The van der Waals surface area contributed by atoms with E-state index >= 15 is 0 Å². The summed E-state index contributed by atoms with van der Waals surface area (Å²) < 4.78 is 10.2. The van der Waals surface area contributed by atoms with Gasteiger partial charge < -0.3 is 9.47 Å². The van der Waals surface area contributed by atoms with E-state index in [1.807, 2.05) is 6.07 Å². The Balaban J connectivity index is 3.18. The van der Waals surface area contributed by atoms with Crippen molar-refractivity contribution in [2.45, 2.75) is 26.2 Å². The number of benzene rings is 1. The van der Waals surface area contributed by atoms with Crippen LogP contribution in [-0.2, 0) is 14.9 Å². The first-order valence-corrected chi connectivity index (χ1v) is 5.73. The molecule has 0 saturated carbocycles. The topological polar surface area (TPSA) is 59.3 Å². The summed E-state index contributed by atoms with van der Waals surface area (Å²) in [5, 5.41) is 8.92. The van der Waals surface area contributed by atoms with E-state index in [1.165, 1.54) is 7.11 Å².